The molecule has 3 fully saturated rings. The summed E-state index contributed by atoms with van der Waals surface area (Å²) >= 11 is 0. The van der Waals surface area contributed by atoms with Gasteiger partial charge in [-0.1, -0.05) is 52.2 Å². The molecule has 0 heterocycles. The van der Waals surface area contributed by atoms with Gasteiger partial charge >= 0.3 is 0 Å². The number of carbonyl (C=O) groups is 1. The minimum atomic E-state index is 0.332. The molecule has 0 bridgehead atoms. The second-order valence-corrected chi connectivity index (χ2v) is 11.9. The maximum absolute atomic E-state index is 12.1. The van der Waals surface area contributed by atoms with Crippen molar-refractivity contribution < 1.29 is 9.90 Å². The topological polar surface area (TPSA) is 37.3 Å². The number of aliphatic hydroxyl groups excluding tert-OH is 1. The van der Waals surface area contributed by atoms with Crippen LogP contribution in [-0.4, -0.2) is 17.5 Å². The molecular weight excluding hydrogens is 356 g/mol. The third kappa shape index (κ3) is 3.66. The quantitative estimate of drug-likeness (QED) is 0.512. The molecule has 0 aromatic rings. The van der Waals surface area contributed by atoms with Gasteiger partial charge in [-0.05, 0) is 91.3 Å². The van der Waals surface area contributed by atoms with Crippen molar-refractivity contribution in [3.05, 3.63) is 11.6 Å². The zero-order valence-electron chi connectivity index (χ0n) is 19.4. The van der Waals surface area contributed by atoms with Crippen LogP contribution >= 0.6 is 0 Å². The van der Waals surface area contributed by atoms with Crippen molar-refractivity contribution in [3.63, 3.8) is 0 Å². The van der Waals surface area contributed by atoms with Crippen LogP contribution in [0, 0.1) is 46.3 Å². The lowest BCUT2D eigenvalue weighted by Gasteiger charge is -2.57. The lowest BCUT2D eigenvalue weighted by Crippen LogP contribution is -2.49. The molecule has 8 atom stereocenters. The molecule has 3 saturated carbocycles. The zero-order valence-corrected chi connectivity index (χ0v) is 19.4. The molecule has 2 heteroatoms. The van der Waals surface area contributed by atoms with Gasteiger partial charge in [-0.3, -0.25) is 4.79 Å². The summed E-state index contributed by atoms with van der Waals surface area (Å²) in [5.74, 6) is 4.76. The summed E-state index contributed by atoms with van der Waals surface area (Å²) in [5.41, 5.74) is 2.68. The largest absolute Gasteiger partial charge is 0.396 e. The highest BCUT2D eigenvalue weighted by Crippen LogP contribution is 2.66. The smallest absolute Gasteiger partial charge is 0.133 e. The summed E-state index contributed by atoms with van der Waals surface area (Å²) in [4.78, 5) is 12.1. The highest BCUT2D eigenvalue weighted by Gasteiger charge is 2.58. The van der Waals surface area contributed by atoms with Gasteiger partial charge in [-0.25, -0.2) is 0 Å². The zero-order chi connectivity index (χ0) is 20.8. The van der Waals surface area contributed by atoms with Crippen LogP contribution in [-0.2, 0) is 4.79 Å². The van der Waals surface area contributed by atoms with E-state index < -0.39 is 0 Å². The summed E-state index contributed by atoms with van der Waals surface area (Å²) in [7, 11) is 0. The van der Waals surface area contributed by atoms with E-state index >= 15 is 0 Å². The predicted octanol–water partition coefficient (Wildman–Crippen LogP) is 6.57. The van der Waals surface area contributed by atoms with Crippen molar-refractivity contribution in [2.45, 2.75) is 98.3 Å². The van der Waals surface area contributed by atoms with E-state index in [0.29, 0.717) is 35.1 Å². The number of ketones is 1. The molecule has 2 nitrogen and oxygen atoms in total. The third-order valence-electron chi connectivity index (χ3n) is 10.3. The van der Waals surface area contributed by atoms with Crippen molar-refractivity contribution in [1.29, 1.82) is 0 Å². The third-order valence-corrected chi connectivity index (χ3v) is 10.3. The van der Waals surface area contributed by atoms with E-state index in [2.05, 4.69) is 33.8 Å². The van der Waals surface area contributed by atoms with E-state index in [4.69, 9.17) is 0 Å². The summed E-state index contributed by atoms with van der Waals surface area (Å²) in [6.45, 7) is 10.2. The number of allylic oxidation sites excluding steroid dienone is 2. The van der Waals surface area contributed by atoms with Crippen LogP contribution in [0.3, 0.4) is 0 Å². The van der Waals surface area contributed by atoms with Gasteiger partial charge in [-0.15, -0.1) is 0 Å². The van der Waals surface area contributed by atoms with Gasteiger partial charge in [0.2, 0.25) is 0 Å². The molecule has 4 unspecified atom stereocenters. The first-order chi connectivity index (χ1) is 13.8. The van der Waals surface area contributed by atoms with Gasteiger partial charge in [0.1, 0.15) is 5.78 Å². The minimum absolute atomic E-state index is 0.332. The monoisotopic (exact) mass is 400 g/mol. The highest BCUT2D eigenvalue weighted by atomic mass is 16.3. The molecule has 4 rings (SSSR count). The summed E-state index contributed by atoms with van der Waals surface area (Å²) in [5, 5.41) is 9.31. The number of aliphatic hydroxyl groups is 1. The van der Waals surface area contributed by atoms with E-state index in [1.807, 2.05) is 5.57 Å². The second kappa shape index (κ2) is 8.13. The van der Waals surface area contributed by atoms with Gasteiger partial charge in [0.15, 0.2) is 0 Å². The van der Waals surface area contributed by atoms with Crippen molar-refractivity contribution in [2.75, 3.05) is 6.61 Å². The van der Waals surface area contributed by atoms with Crippen LogP contribution in [0.4, 0.5) is 0 Å². The number of fused-ring (bicyclic) bond motifs is 5. The molecular formula is C27H44O2. The van der Waals surface area contributed by atoms with Crippen molar-refractivity contribution >= 4 is 5.78 Å². The van der Waals surface area contributed by atoms with Gasteiger partial charge in [0.05, 0.1) is 0 Å². The average molecular weight is 401 g/mol. The molecule has 164 valence electrons. The molecule has 0 aliphatic heterocycles. The SMILES string of the molecule is CC(CCC[C@H](C)CO)[C@H]1CCC2C3=CCC4CC(=O)CC[C@]4(C)C3CC[C@@]21C. The number of hydrogen-bond acceptors (Lipinski definition) is 2. The normalized spacial score (nSPS) is 43.8. The van der Waals surface area contributed by atoms with Crippen molar-refractivity contribution in [2.24, 2.45) is 46.3 Å². The van der Waals surface area contributed by atoms with E-state index in [9.17, 15) is 9.90 Å². The molecule has 29 heavy (non-hydrogen) atoms. The average Bonchev–Trinajstić information content (AvgIpc) is 3.05. The molecule has 0 amide bonds. The predicted molar refractivity (Wildman–Crippen MR) is 119 cm³/mol. The van der Waals surface area contributed by atoms with Crippen LogP contribution in [0.5, 0.6) is 0 Å². The first-order valence-corrected chi connectivity index (χ1v) is 12.6. The van der Waals surface area contributed by atoms with Gasteiger partial charge in [-0.2, -0.15) is 0 Å². The highest BCUT2D eigenvalue weighted by molar-refractivity contribution is 5.79. The molecule has 0 saturated heterocycles. The number of carbonyl (C=O) groups excluding carboxylic acids is 1. The molecule has 0 radical (unpaired) electrons. The van der Waals surface area contributed by atoms with Crippen molar-refractivity contribution in [1.82, 2.24) is 0 Å². The van der Waals surface area contributed by atoms with E-state index in [1.54, 1.807) is 0 Å². The molecule has 4 aliphatic rings. The first-order valence-electron chi connectivity index (χ1n) is 12.6. The number of Topliss-reactive ketones (excluding diaryl/α,β-unsaturated/α-hetero) is 1. The molecule has 0 aromatic heterocycles. The molecule has 4 aliphatic carbocycles. The summed E-state index contributed by atoms with van der Waals surface area (Å²) in [6.07, 6.45) is 15.8. The summed E-state index contributed by atoms with van der Waals surface area (Å²) < 4.78 is 0. The van der Waals surface area contributed by atoms with Crippen LogP contribution < -0.4 is 0 Å². The maximum atomic E-state index is 12.1. The Kier molecular flexibility index (Phi) is 6.06. The molecule has 0 spiro atoms. The standard InChI is InChI=1S/C27H44O2/c1-18(17-28)6-5-7-19(2)23-10-11-24-22-9-8-20-16-21(29)12-14-26(20,3)25(22)13-15-27(23,24)4/h9,18-20,23-25,28H,5-8,10-17H2,1-4H3/t18-,19?,20?,23+,24?,25?,26-,27+/m0/s1. The Morgan fingerprint density at radius 3 is 2.59 bits per heavy atom. The number of hydrogen-bond donors (Lipinski definition) is 1. The Morgan fingerprint density at radius 1 is 1.07 bits per heavy atom. The number of rotatable bonds is 6. The maximum Gasteiger partial charge on any atom is 0.133 e. The van der Waals surface area contributed by atoms with Gasteiger partial charge < -0.3 is 5.11 Å². The second-order valence-electron chi connectivity index (χ2n) is 11.9. The van der Waals surface area contributed by atoms with Crippen molar-refractivity contribution in [3.8, 4) is 0 Å². The van der Waals surface area contributed by atoms with E-state index in [1.165, 1.54) is 44.9 Å². The van der Waals surface area contributed by atoms with Gasteiger partial charge in [0, 0.05) is 19.4 Å². The Morgan fingerprint density at radius 2 is 1.83 bits per heavy atom. The Hall–Kier alpha value is -0.630. The van der Waals surface area contributed by atoms with E-state index in [0.717, 1.165) is 49.4 Å². The Balaban J connectivity index is 1.47. The first kappa shape index (κ1) is 21.6. The Labute approximate surface area is 178 Å². The Bertz CT molecular complexity index is 651. The summed E-state index contributed by atoms with van der Waals surface area (Å²) in [6, 6.07) is 0. The van der Waals surface area contributed by atoms with Crippen LogP contribution in [0.2, 0.25) is 0 Å². The van der Waals surface area contributed by atoms with Crippen LogP contribution in [0.1, 0.15) is 98.3 Å². The van der Waals surface area contributed by atoms with Crippen LogP contribution in [0.25, 0.3) is 0 Å². The van der Waals surface area contributed by atoms with Crippen LogP contribution in [0.15, 0.2) is 11.6 Å². The van der Waals surface area contributed by atoms with Gasteiger partial charge in [0.25, 0.3) is 0 Å². The fraction of sp³-hybridized carbons (Fsp3) is 0.889. The van der Waals surface area contributed by atoms with E-state index in [-0.39, 0.29) is 0 Å². The molecule has 0 aromatic carbocycles. The minimum Gasteiger partial charge on any atom is -0.396 e. The fourth-order valence-corrected chi connectivity index (χ4v) is 8.36. The lowest BCUT2D eigenvalue weighted by atomic mass is 9.47. The fourth-order valence-electron chi connectivity index (χ4n) is 8.36. The lowest BCUT2D eigenvalue weighted by molar-refractivity contribution is -0.127. The molecule has 1 N–H and O–H groups in total.